The molecule has 0 amide bonds. The van der Waals surface area contributed by atoms with Gasteiger partial charge in [0.25, 0.3) is 0 Å². The zero-order chi connectivity index (χ0) is 11.7. The number of carboxylic acids is 1. The van der Waals surface area contributed by atoms with Crippen LogP contribution in [0.1, 0.15) is 17.7 Å². The lowest BCUT2D eigenvalue weighted by molar-refractivity contribution is -0.138. The van der Waals surface area contributed by atoms with Crippen LogP contribution in [0.3, 0.4) is 0 Å². The molecule has 16 heavy (non-hydrogen) atoms. The highest BCUT2D eigenvalue weighted by Crippen LogP contribution is 2.35. The van der Waals surface area contributed by atoms with Crippen LogP contribution in [-0.2, 0) is 11.3 Å². The lowest BCUT2D eigenvalue weighted by atomic mass is 10.4. The normalized spacial score (nSPS) is 15.7. The summed E-state index contributed by atoms with van der Waals surface area (Å²) >= 11 is 8.53. The van der Waals surface area contributed by atoms with E-state index in [1.165, 1.54) is 4.88 Å². The van der Waals surface area contributed by atoms with Crippen molar-refractivity contribution in [2.75, 3.05) is 6.54 Å². The van der Waals surface area contributed by atoms with Crippen LogP contribution in [0.15, 0.2) is 14.3 Å². The summed E-state index contributed by atoms with van der Waals surface area (Å²) < 4.78 is 2.10. The average Bonchev–Trinajstić information content (AvgIpc) is 2.94. The van der Waals surface area contributed by atoms with E-state index in [1.807, 2.05) is 11.0 Å². The van der Waals surface area contributed by atoms with Gasteiger partial charge in [-0.3, -0.25) is 9.69 Å². The number of nitrogens with zero attached hydrogens (tertiary/aromatic N) is 1. The van der Waals surface area contributed by atoms with E-state index in [9.17, 15) is 4.79 Å². The third-order valence-corrected chi connectivity index (χ3v) is 5.70. The van der Waals surface area contributed by atoms with Crippen LogP contribution in [-0.4, -0.2) is 28.6 Å². The maximum atomic E-state index is 10.7. The molecule has 0 aromatic carbocycles. The fourth-order valence-corrected chi connectivity index (χ4v) is 3.80. The maximum Gasteiger partial charge on any atom is 0.317 e. The summed E-state index contributed by atoms with van der Waals surface area (Å²) in [4.78, 5) is 14.0. The molecule has 1 aliphatic carbocycles. The Hall–Kier alpha value is 0.0900. The smallest absolute Gasteiger partial charge is 0.317 e. The van der Waals surface area contributed by atoms with E-state index in [0.717, 1.165) is 27.6 Å². The molecule has 0 aliphatic heterocycles. The van der Waals surface area contributed by atoms with E-state index in [-0.39, 0.29) is 6.54 Å². The molecule has 0 spiro atoms. The summed E-state index contributed by atoms with van der Waals surface area (Å²) in [6.07, 6.45) is 2.25. The van der Waals surface area contributed by atoms with Gasteiger partial charge in [-0.1, -0.05) is 0 Å². The topological polar surface area (TPSA) is 40.5 Å². The molecule has 1 heterocycles. The Balaban J connectivity index is 2.02. The Labute approximate surface area is 115 Å². The third kappa shape index (κ3) is 3.29. The van der Waals surface area contributed by atoms with E-state index >= 15 is 0 Å². The monoisotopic (exact) mass is 367 g/mol. The summed E-state index contributed by atoms with van der Waals surface area (Å²) in [5.41, 5.74) is 0. The molecule has 0 saturated heterocycles. The van der Waals surface area contributed by atoms with Crippen molar-refractivity contribution in [3.05, 3.63) is 19.2 Å². The molecule has 1 aromatic heterocycles. The fraction of sp³-hybridized carbons (Fsp3) is 0.500. The average molecular weight is 369 g/mol. The molecule has 2 rings (SSSR count). The number of halogens is 2. The van der Waals surface area contributed by atoms with Crippen LogP contribution in [0.25, 0.3) is 0 Å². The number of hydrogen-bond donors (Lipinski definition) is 1. The van der Waals surface area contributed by atoms with Gasteiger partial charge in [-0.15, -0.1) is 11.3 Å². The predicted molar refractivity (Wildman–Crippen MR) is 70.8 cm³/mol. The van der Waals surface area contributed by atoms with Gasteiger partial charge in [-0.05, 0) is 50.8 Å². The zero-order valence-corrected chi connectivity index (χ0v) is 12.4. The van der Waals surface area contributed by atoms with Crippen molar-refractivity contribution < 1.29 is 9.90 Å². The first-order valence-corrected chi connectivity index (χ1v) is 7.36. The Morgan fingerprint density at radius 3 is 2.69 bits per heavy atom. The van der Waals surface area contributed by atoms with Crippen LogP contribution >= 0.6 is 43.2 Å². The number of thiophene rings is 1. The van der Waals surface area contributed by atoms with E-state index in [0.29, 0.717) is 6.04 Å². The first-order chi connectivity index (χ1) is 7.56. The minimum atomic E-state index is -0.749. The Morgan fingerprint density at radius 1 is 1.56 bits per heavy atom. The SMILES string of the molecule is O=C(O)CN(Cc1cc(Br)c(Br)s1)C1CC1. The number of aliphatic carboxylic acids is 1. The van der Waals surface area contributed by atoms with Crippen LogP contribution in [0.2, 0.25) is 0 Å². The molecule has 1 aliphatic rings. The second-order valence-corrected chi connectivity index (χ2v) is 7.17. The molecule has 88 valence electrons. The van der Waals surface area contributed by atoms with E-state index in [1.54, 1.807) is 11.3 Å². The summed E-state index contributed by atoms with van der Waals surface area (Å²) in [6, 6.07) is 2.52. The fourth-order valence-electron chi connectivity index (χ4n) is 1.60. The van der Waals surface area contributed by atoms with Crippen molar-refractivity contribution in [3.8, 4) is 0 Å². The highest BCUT2D eigenvalue weighted by molar-refractivity contribution is 9.13. The predicted octanol–water partition coefficient (Wildman–Crippen LogP) is 3.32. The van der Waals surface area contributed by atoms with Gasteiger partial charge in [0.05, 0.1) is 10.3 Å². The van der Waals surface area contributed by atoms with Gasteiger partial charge in [0, 0.05) is 21.9 Å². The molecular formula is C10H11Br2NO2S. The van der Waals surface area contributed by atoms with Gasteiger partial charge < -0.3 is 5.11 Å². The van der Waals surface area contributed by atoms with Gasteiger partial charge in [0.1, 0.15) is 0 Å². The lowest BCUT2D eigenvalue weighted by Crippen LogP contribution is -2.30. The molecule has 0 radical (unpaired) electrons. The van der Waals surface area contributed by atoms with Gasteiger partial charge >= 0.3 is 5.97 Å². The highest BCUT2D eigenvalue weighted by Gasteiger charge is 2.30. The van der Waals surface area contributed by atoms with Crippen LogP contribution in [0.4, 0.5) is 0 Å². The van der Waals surface area contributed by atoms with Crippen molar-refractivity contribution in [1.29, 1.82) is 0 Å². The Morgan fingerprint density at radius 2 is 2.25 bits per heavy atom. The summed E-state index contributed by atoms with van der Waals surface area (Å²) in [5.74, 6) is -0.749. The quantitative estimate of drug-likeness (QED) is 0.866. The van der Waals surface area contributed by atoms with Gasteiger partial charge in [0.2, 0.25) is 0 Å². The molecule has 1 N–H and O–H groups in total. The van der Waals surface area contributed by atoms with Crippen molar-refractivity contribution in [3.63, 3.8) is 0 Å². The molecule has 0 unspecified atom stereocenters. The Kier molecular flexibility index (Phi) is 4.05. The maximum absolute atomic E-state index is 10.7. The van der Waals surface area contributed by atoms with E-state index in [4.69, 9.17) is 5.11 Å². The third-order valence-electron chi connectivity index (χ3n) is 2.46. The molecular weight excluding hydrogens is 358 g/mol. The molecule has 0 atom stereocenters. The van der Waals surface area contributed by atoms with Crippen molar-refractivity contribution in [2.45, 2.75) is 25.4 Å². The molecule has 1 saturated carbocycles. The number of carbonyl (C=O) groups is 1. The Bertz CT molecular complexity index is 384. The van der Waals surface area contributed by atoms with E-state index < -0.39 is 5.97 Å². The minimum Gasteiger partial charge on any atom is -0.480 e. The summed E-state index contributed by atoms with van der Waals surface area (Å²) in [7, 11) is 0. The number of hydrogen-bond acceptors (Lipinski definition) is 3. The number of rotatable bonds is 5. The van der Waals surface area contributed by atoms with Crippen molar-refractivity contribution in [2.24, 2.45) is 0 Å². The zero-order valence-electron chi connectivity index (χ0n) is 8.45. The lowest BCUT2D eigenvalue weighted by Gasteiger charge is -2.18. The number of carboxylic acid groups (broad SMARTS) is 1. The van der Waals surface area contributed by atoms with Crippen molar-refractivity contribution in [1.82, 2.24) is 4.90 Å². The standard InChI is InChI=1S/C10H11Br2NO2S/c11-8-3-7(16-10(8)12)4-13(5-9(14)15)6-1-2-6/h3,6H,1-2,4-5H2,(H,14,15). The van der Waals surface area contributed by atoms with Gasteiger partial charge in [-0.2, -0.15) is 0 Å². The molecule has 3 nitrogen and oxygen atoms in total. The van der Waals surface area contributed by atoms with Gasteiger partial charge in [0.15, 0.2) is 0 Å². The molecule has 1 aromatic rings. The first kappa shape index (κ1) is 12.5. The second kappa shape index (κ2) is 5.16. The van der Waals surface area contributed by atoms with Crippen LogP contribution in [0, 0.1) is 0 Å². The van der Waals surface area contributed by atoms with Gasteiger partial charge in [-0.25, -0.2) is 0 Å². The van der Waals surface area contributed by atoms with Crippen LogP contribution in [0.5, 0.6) is 0 Å². The van der Waals surface area contributed by atoms with Crippen LogP contribution < -0.4 is 0 Å². The van der Waals surface area contributed by atoms with Crippen molar-refractivity contribution >= 4 is 49.2 Å². The largest absolute Gasteiger partial charge is 0.480 e. The summed E-state index contributed by atoms with van der Waals surface area (Å²) in [5, 5.41) is 8.84. The molecule has 1 fully saturated rings. The van der Waals surface area contributed by atoms with E-state index in [2.05, 4.69) is 31.9 Å². The summed E-state index contributed by atoms with van der Waals surface area (Å²) in [6.45, 7) is 0.865. The second-order valence-electron chi connectivity index (χ2n) is 3.86. The highest BCUT2D eigenvalue weighted by atomic mass is 79.9. The molecule has 0 bridgehead atoms. The first-order valence-electron chi connectivity index (χ1n) is 4.96. The molecule has 6 heteroatoms. The minimum absolute atomic E-state index is 0.137.